The van der Waals surface area contributed by atoms with E-state index in [1.807, 2.05) is 32.3 Å². The lowest BCUT2D eigenvalue weighted by Gasteiger charge is -2.08. The van der Waals surface area contributed by atoms with Gasteiger partial charge in [0.25, 0.3) is 0 Å². The third-order valence-electron chi connectivity index (χ3n) is 3.29. The fraction of sp³-hybridized carbons (Fsp3) is 0.385. The van der Waals surface area contributed by atoms with Crippen LogP contribution in [0.15, 0.2) is 24.5 Å². The highest BCUT2D eigenvalue weighted by Gasteiger charge is 2.22. The molecule has 0 amide bonds. The van der Waals surface area contributed by atoms with Crippen LogP contribution in [0.4, 0.5) is 0 Å². The lowest BCUT2D eigenvalue weighted by Crippen LogP contribution is -2.17. The van der Waals surface area contributed by atoms with Crippen LogP contribution >= 0.6 is 0 Å². The van der Waals surface area contributed by atoms with Crippen molar-refractivity contribution in [1.29, 1.82) is 0 Å². The van der Waals surface area contributed by atoms with Crippen molar-refractivity contribution < 1.29 is 9.47 Å². The van der Waals surface area contributed by atoms with Gasteiger partial charge in [-0.2, -0.15) is 5.10 Å². The largest absolute Gasteiger partial charge is 0.491 e. The van der Waals surface area contributed by atoms with Crippen LogP contribution in [0.1, 0.15) is 17.4 Å². The molecule has 0 spiro atoms. The standard InChI is InChI=1S/C13H16N4O2/c1-14-11-6-19-12-5-9(3-4-10(11)12)18-7-13-15-8-16-17(13)2/h3-5,8,11,14H,6-7H2,1-2H3. The summed E-state index contributed by atoms with van der Waals surface area (Å²) in [5.74, 6) is 2.45. The van der Waals surface area contributed by atoms with Gasteiger partial charge >= 0.3 is 0 Å². The maximum absolute atomic E-state index is 5.70. The Morgan fingerprint density at radius 1 is 1.53 bits per heavy atom. The van der Waals surface area contributed by atoms with Crippen molar-refractivity contribution in [2.24, 2.45) is 7.05 Å². The lowest BCUT2D eigenvalue weighted by atomic mass is 10.1. The molecule has 2 heterocycles. The lowest BCUT2D eigenvalue weighted by molar-refractivity contribution is 0.285. The van der Waals surface area contributed by atoms with E-state index in [4.69, 9.17) is 9.47 Å². The number of aryl methyl sites for hydroxylation is 1. The molecule has 1 N–H and O–H groups in total. The summed E-state index contributed by atoms with van der Waals surface area (Å²) in [7, 11) is 3.77. The molecular weight excluding hydrogens is 244 g/mol. The highest BCUT2D eigenvalue weighted by molar-refractivity contribution is 5.44. The van der Waals surface area contributed by atoms with Crippen molar-refractivity contribution in [2.45, 2.75) is 12.6 Å². The maximum Gasteiger partial charge on any atom is 0.164 e. The summed E-state index contributed by atoms with van der Waals surface area (Å²) in [6, 6.07) is 6.18. The summed E-state index contributed by atoms with van der Waals surface area (Å²) in [6.45, 7) is 1.06. The third-order valence-corrected chi connectivity index (χ3v) is 3.29. The van der Waals surface area contributed by atoms with E-state index < -0.39 is 0 Å². The first-order valence-corrected chi connectivity index (χ1v) is 6.17. The second-order valence-corrected chi connectivity index (χ2v) is 4.44. The van der Waals surface area contributed by atoms with E-state index in [2.05, 4.69) is 15.4 Å². The average Bonchev–Trinajstić information content (AvgIpc) is 3.01. The third kappa shape index (κ3) is 2.26. The van der Waals surface area contributed by atoms with Crippen LogP contribution in [0.5, 0.6) is 11.5 Å². The summed E-state index contributed by atoms with van der Waals surface area (Å²) in [6.07, 6.45) is 1.52. The number of aromatic nitrogens is 3. The van der Waals surface area contributed by atoms with Gasteiger partial charge in [0.1, 0.15) is 31.0 Å². The molecule has 0 fully saturated rings. The molecule has 0 aliphatic carbocycles. The van der Waals surface area contributed by atoms with E-state index in [-0.39, 0.29) is 6.04 Å². The highest BCUT2D eigenvalue weighted by atomic mass is 16.5. The fourth-order valence-electron chi connectivity index (χ4n) is 2.12. The van der Waals surface area contributed by atoms with Crippen LogP contribution in [0.25, 0.3) is 0 Å². The Kier molecular flexibility index (Phi) is 3.08. The van der Waals surface area contributed by atoms with Crippen molar-refractivity contribution >= 4 is 0 Å². The molecule has 1 aliphatic heterocycles. The zero-order chi connectivity index (χ0) is 13.2. The Labute approximate surface area is 111 Å². The van der Waals surface area contributed by atoms with Crippen LogP contribution in [-0.2, 0) is 13.7 Å². The number of ether oxygens (including phenoxy) is 2. The number of hydrogen-bond acceptors (Lipinski definition) is 5. The van der Waals surface area contributed by atoms with Crippen LogP contribution in [-0.4, -0.2) is 28.4 Å². The van der Waals surface area contributed by atoms with Crippen molar-refractivity contribution in [3.63, 3.8) is 0 Å². The molecule has 1 unspecified atom stereocenters. The van der Waals surface area contributed by atoms with E-state index in [0.717, 1.165) is 17.3 Å². The van der Waals surface area contributed by atoms with Gasteiger partial charge in [0.2, 0.25) is 0 Å². The number of nitrogens with one attached hydrogen (secondary N) is 1. The predicted molar refractivity (Wildman–Crippen MR) is 69.1 cm³/mol. The first-order valence-electron chi connectivity index (χ1n) is 6.17. The number of rotatable bonds is 4. The molecule has 1 aromatic carbocycles. The number of fused-ring (bicyclic) bond motifs is 1. The monoisotopic (exact) mass is 260 g/mol. The summed E-state index contributed by atoms with van der Waals surface area (Å²) < 4.78 is 13.0. The number of nitrogens with zero attached hydrogens (tertiary/aromatic N) is 3. The van der Waals surface area contributed by atoms with Crippen molar-refractivity contribution in [3.05, 3.63) is 35.9 Å². The van der Waals surface area contributed by atoms with Gasteiger partial charge in [-0.05, 0) is 19.2 Å². The second kappa shape index (κ2) is 4.89. The van der Waals surface area contributed by atoms with Gasteiger partial charge in [-0.15, -0.1) is 0 Å². The SMILES string of the molecule is CNC1COc2cc(OCc3ncnn3C)ccc21. The summed E-state index contributed by atoms with van der Waals surface area (Å²) in [5.41, 5.74) is 1.17. The van der Waals surface area contributed by atoms with Gasteiger partial charge in [0, 0.05) is 18.7 Å². The topological polar surface area (TPSA) is 61.2 Å². The minimum absolute atomic E-state index is 0.266. The molecule has 0 saturated heterocycles. The van der Waals surface area contributed by atoms with E-state index in [1.165, 1.54) is 11.9 Å². The number of hydrogen-bond donors (Lipinski definition) is 1. The summed E-state index contributed by atoms with van der Waals surface area (Å²) >= 11 is 0. The van der Waals surface area contributed by atoms with E-state index in [9.17, 15) is 0 Å². The molecule has 6 nitrogen and oxygen atoms in total. The Morgan fingerprint density at radius 3 is 3.16 bits per heavy atom. The van der Waals surface area contributed by atoms with Gasteiger partial charge in [-0.1, -0.05) is 0 Å². The molecule has 1 aliphatic rings. The van der Waals surface area contributed by atoms with Gasteiger partial charge in [-0.3, -0.25) is 4.68 Å². The number of benzene rings is 1. The molecule has 19 heavy (non-hydrogen) atoms. The van der Waals surface area contributed by atoms with Crippen LogP contribution in [0.2, 0.25) is 0 Å². The smallest absolute Gasteiger partial charge is 0.164 e. The highest BCUT2D eigenvalue weighted by Crippen LogP contribution is 2.35. The van der Waals surface area contributed by atoms with Crippen LogP contribution in [0.3, 0.4) is 0 Å². The predicted octanol–water partition coefficient (Wildman–Crippen LogP) is 1.05. The maximum atomic E-state index is 5.70. The number of likely N-dealkylation sites (N-methyl/N-ethyl adjacent to an activating group) is 1. The molecule has 1 aromatic heterocycles. The van der Waals surface area contributed by atoms with Crippen molar-refractivity contribution in [3.8, 4) is 11.5 Å². The fourth-order valence-corrected chi connectivity index (χ4v) is 2.12. The van der Waals surface area contributed by atoms with E-state index in [0.29, 0.717) is 13.2 Å². The molecule has 0 bridgehead atoms. The van der Waals surface area contributed by atoms with Crippen molar-refractivity contribution in [1.82, 2.24) is 20.1 Å². The van der Waals surface area contributed by atoms with E-state index >= 15 is 0 Å². The molecule has 3 rings (SSSR count). The first kappa shape index (κ1) is 12.0. The Hall–Kier alpha value is -2.08. The van der Waals surface area contributed by atoms with Gasteiger partial charge in [0.05, 0.1) is 6.04 Å². The van der Waals surface area contributed by atoms with Gasteiger partial charge in [0.15, 0.2) is 5.82 Å². The summed E-state index contributed by atoms with van der Waals surface area (Å²) in [5, 5.41) is 7.21. The Bertz CT molecular complexity index is 582. The van der Waals surface area contributed by atoms with Gasteiger partial charge in [-0.25, -0.2) is 4.98 Å². The molecule has 2 aromatic rings. The normalized spacial score (nSPS) is 17.1. The zero-order valence-corrected chi connectivity index (χ0v) is 11.0. The average molecular weight is 260 g/mol. The zero-order valence-electron chi connectivity index (χ0n) is 11.0. The quantitative estimate of drug-likeness (QED) is 0.890. The minimum atomic E-state index is 0.266. The molecule has 100 valence electrons. The first-order chi connectivity index (χ1) is 9.28. The van der Waals surface area contributed by atoms with Crippen LogP contribution in [0, 0.1) is 0 Å². The molecular formula is C13H16N4O2. The van der Waals surface area contributed by atoms with Crippen molar-refractivity contribution in [2.75, 3.05) is 13.7 Å². The van der Waals surface area contributed by atoms with Crippen LogP contribution < -0.4 is 14.8 Å². The minimum Gasteiger partial charge on any atom is -0.491 e. The Balaban J connectivity index is 1.72. The summed E-state index contributed by atoms with van der Waals surface area (Å²) in [4.78, 5) is 4.11. The van der Waals surface area contributed by atoms with E-state index in [1.54, 1.807) is 4.68 Å². The second-order valence-electron chi connectivity index (χ2n) is 4.44. The molecule has 1 atom stereocenters. The van der Waals surface area contributed by atoms with Gasteiger partial charge < -0.3 is 14.8 Å². The molecule has 6 heteroatoms. The molecule has 0 saturated carbocycles. The Morgan fingerprint density at radius 2 is 2.42 bits per heavy atom. The molecule has 0 radical (unpaired) electrons.